The fourth-order valence-corrected chi connectivity index (χ4v) is 0.986. The summed E-state index contributed by atoms with van der Waals surface area (Å²) in [6.07, 6.45) is 0. The van der Waals surface area contributed by atoms with Crippen LogP contribution in [0, 0.1) is 0 Å². The molecule has 0 aliphatic heterocycles. The number of rotatable bonds is 3. The van der Waals surface area contributed by atoms with Crippen LogP contribution in [0.1, 0.15) is 5.56 Å². The SMILES string of the molecule is CO/C(C(=O)O)=C(\F)c1ccccc1. The maximum Gasteiger partial charge on any atom is 0.374 e. The van der Waals surface area contributed by atoms with Gasteiger partial charge in [-0.3, -0.25) is 0 Å². The third-order valence-corrected chi connectivity index (χ3v) is 1.62. The first-order valence-electron chi connectivity index (χ1n) is 3.89. The van der Waals surface area contributed by atoms with Gasteiger partial charge in [0, 0.05) is 5.56 Å². The molecule has 0 spiro atoms. The molecule has 0 aliphatic rings. The van der Waals surface area contributed by atoms with E-state index < -0.39 is 17.6 Å². The number of methoxy groups -OCH3 is 1. The van der Waals surface area contributed by atoms with Crippen molar-refractivity contribution >= 4 is 11.8 Å². The van der Waals surface area contributed by atoms with Gasteiger partial charge in [-0.1, -0.05) is 30.3 Å². The molecule has 74 valence electrons. The molecule has 0 saturated heterocycles. The highest BCUT2D eigenvalue weighted by Gasteiger charge is 2.16. The number of aliphatic carboxylic acids is 1. The normalized spacial score (nSPS) is 11.9. The Bertz CT molecular complexity index is 357. The van der Waals surface area contributed by atoms with Crippen molar-refractivity contribution in [2.75, 3.05) is 7.11 Å². The molecular formula is C10H9FO3. The average Bonchev–Trinajstić information content (AvgIpc) is 2.19. The lowest BCUT2D eigenvalue weighted by Crippen LogP contribution is -2.04. The van der Waals surface area contributed by atoms with Crippen molar-refractivity contribution in [2.24, 2.45) is 0 Å². The largest absolute Gasteiger partial charge is 0.488 e. The van der Waals surface area contributed by atoms with Gasteiger partial charge in [-0.05, 0) is 0 Å². The van der Waals surface area contributed by atoms with Gasteiger partial charge >= 0.3 is 5.97 Å². The predicted molar refractivity (Wildman–Crippen MR) is 49.1 cm³/mol. The molecule has 0 aromatic heterocycles. The topological polar surface area (TPSA) is 46.5 Å². The first kappa shape index (κ1) is 10.2. The molecule has 14 heavy (non-hydrogen) atoms. The quantitative estimate of drug-likeness (QED) is 0.594. The molecule has 3 nitrogen and oxygen atoms in total. The van der Waals surface area contributed by atoms with Crippen LogP contribution in [0.2, 0.25) is 0 Å². The molecule has 1 rings (SSSR count). The maximum atomic E-state index is 13.4. The average molecular weight is 196 g/mol. The van der Waals surface area contributed by atoms with Gasteiger partial charge in [0.25, 0.3) is 0 Å². The van der Waals surface area contributed by atoms with Crippen LogP contribution in [0.25, 0.3) is 5.83 Å². The monoisotopic (exact) mass is 196 g/mol. The summed E-state index contributed by atoms with van der Waals surface area (Å²) in [5, 5.41) is 8.58. The third-order valence-electron chi connectivity index (χ3n) is 1.62. The Kier molecular flexibility index (Phi) is 3.23. The molecule has 1 aromatic carbocycles. The first-order valence-corrected chi connectivity index (χ1v) is 3.89. The summed E-state index contributed by atoms with van der Waals surface area (Å²) in [5.74, 6) is -2.98. The molecule has 0 aliphatic carbocycles. The van der Waals surface area contributed by atoms with Crippen LogP contribution in [-0.4, -0.2) is 18.2 Å². The zero-order valence-corrected chi connectivity index (χ0v) is 7.53. The minimum Gasteiger partial charge on any atom is -0.488 e. The highest BCUT2D eigenvalue weighted by Crippen LogP contribution is 2.20. The molecule has 0 heterocycles. The Hall–Kier alpha value is -1.84. The first-order chi connectivity index (χ1) is 6.66. The van der Waals surface area contributed by atoms with Crippen LogP contribution in [0.3, 0.4) is 0 Å². The van der Waals surface area contributed by atoms with Crippen LogP contribution in [0.15, 0.2) is 36.1 Å². The lowest BCUT2D eigenvalue weighted by atomic mass is 10.2. The summed E-state index contributed by atoms with van der Waals surface area (Å²) < 4.78 is 17.9. The van der Waals surface area contributed by atoms with E-state index in [4.69, 9.17) is 5.11 Å². The van der Waals surface area contributed by atoms with Crippen LogP contribution in [0.4, 0.5) is 4.39 Å². The summed E-state index contributed by atoms with van der Waals surface area (Å²) in [5.41, 5.74) is 0.187. The van der Waals surface area contributed by atoms with Gasteiger partial charge in [0.2, 0.25) is 5.76 Å². The number of hydrogen-bond acceptors (Lipinski definition) is 2. The van der Waals surface area contributed by atoms with Crippen molar-refractivity contribution in [3.63, 3.8) is 0 Å². The van der Waals surface area contributed by atoms with Crippen LogP contribution in [0.5, 0.6) is 0 Å². The Morgan fingerprint density at radius 2 is 1.93 bits per heavy atom. The van der Waals surface area contributed by atoms with Crippen molar-refractivity contribution in [1.29, 1.82) is 0 Å². The van der Waals surface area contributed by atoms with Gasteiger partial charge in [-0.25, -0.2) is 9.18 Å². The molecule has 0 radical (unpaired) electrons. The van der Waals surface area contributed by atoms with E-state index in [1.165, 1.54) is 12.1 Å². The number of ether oxygens (including phenoxy) is 1. The Morgan fingerprint density at radius 1 is 1.36 bits per heavy atom. The number of benzene rings is 1. The van der Waals surface area contributed by atoms with Gasteiger partial charge < -0.3 is 9.84 Å². The van der Waals surface area contributed by atoms with Crippen LogP contribution < -0.4 is 0 Å². The van der Waals surface area contributed by atoms with Crippen molar-refractivity contribution < 1.29 is 19.0 Å². The molecule has 4 heteroatoms. The van der Waals surface area contributed by atoms with Gasteiger partial charge in [-0.15, -0.1) is 0 Å². The van der Waals surface area contributed by atoms with Gasteiger partial charge in [0.05, 0.1) is 7.11 Å². The molecule has 1 N–H and O–H groups in total. The van der Waals surface area contributed by atoms with Crippen molar-refractivity contribution in [2.45, 2.75) is 0 Å². The standard InChI is InChI=1S/C10H9FO3/c1-14-9(10(12)13)8(11)7-5-3-2-4-6-7/h2-6H,1H3,(H,12,13)/b9-8-. The van der Waals surface area contributed by atoms with Crippen molar-refractivity contribution in [3.8, 4) is 0 Å². The number of halogens is 1. The van der Waals surface area contributed by atoms with E-state index >= 15 is 0 Å². The number of carbonyl (C=O) groups is 1. The second-order valence-electron chi connectivity index (χ2n) is 2.52. The van der Waals surface area contributed by atoms with Gasteiger partial charge in [0.1, 0.15) is 0 Å². The maximum absolute atomic E-state index is 13.4. The molecule has 0 bridgehead atoms. The highest BCUT2D eigenvalue weighted by atomic mass is 19.1. The van der Waals surface area contributed by atoms with Gasteiger partial charge in [-0.2, -0.15) is 0 Å². The third kappa shape index (κ3) is 2.10. The number of carboxylic acids is 1. The molecule has 0 amide bonds. The molecular weight excluding hydrogens is 187 g/mol. The Balaban J connectivity index is 3.15. The van der Waals surface area contributed by atoms with Crippen LogP contribution >= 0.6 is 0 Å². The van der Waals surface area contributed by atoms with E-state index in [1.54, 1.807) is 18.2 Å². The molecule has 0 fully saturated rings. The summed E-state index contributed by atoms with van der Waals surface area (Å²) >= 11 is 0. The molecule has 1 aromatic rings. The number of carboxylic acid groups (broad SMARTS) is 1. The summed E-state index contributed by atoms with van der Waals surface area (Å²) in [6, 6.07) is 7.88. The zero-order valence-electron chi connectivity index (χ0n) is 7.53. The molecule has 0 unspecified atom stereocenters. The minimum atomic E-state index is -1.42. The van der Waals surface area contributed by atoms with E-state index in [0.29, 0.717) is 0 Å². The number of hydrogen-bond donors (Lipinski definition) is 1. The Labute approximate surface area is 80.4 Å². The second kappa shape index (κ2) is 4.41. The van der Waals surface area contributed by atoms with E-state index in [0.717, 1.165) is 7.11 Å². The van der Waals surface area contributed by atoms with Crippen molar-refractivity contribution in [3.05, 3.63) is 41.7 Å². The zero-order chi connectivity index (χ0) is 10.6. The van der Waals surface area contributed by atoms with Gasteiger partial charge in [0.15, 0.2) is 5.83 Å². The van der Waals surface area contributed by atoms with E-state index in [-0.39, 0.29) is 5.56 Å². The lowest BCUT2D eigenvalue weighted by Gasteiger charge is -2.03. The smallest absolute Gasteiger partial charge is 0.374 e. The molecule has 0 saturated carbocycles. The van der Waals surface area contributed by atoms with Crippen molar-refractivity contribution in [1.82, 2.24) is 0 Å². The summed E-state index contributed by atoms with van der Waals surface area (Å²) in [7, 11) is 1.12. The highest BCUT2D eigenvalue weighted by molar-refractivity contribution is 5.92. The van der Waals surface area contributed by atoms with E-state index in [2.05, 4.69) is 4.74 Å². The van der Waals surface area contributed by atoms with Crippen LogP contribution in [-0.2, 0) is 9.53 Å². The second-order valence-corrected chi connectivity index (χ2v) is 2.52. The fourth-order valence-electron chi connectivity index (χ4n) is 0.986. The van der Waals surface area contributed by atoms with E-state index in [1.807, 2.05) is 0 Å². The molecule has 0 atom stereocenters. The fraction of sp³-hybridized carbons (Fsp3) is 0.100. The Morgan fingerprint density at radius 3 is 2.36 bits per heavy atom. The predicted octanol–water partition coefficient (Wildman–Crippen LogP) is 2.06. The lowest BCUT2D eigenvalue weighted by molar-refractivity contribution is -0.136. The summed E-state index contributed by atoms with van der Waals surface area (Å²) in [4.78, 5) is 10.5. The van der Waals surface area contributed by atoms with E-state index in [9.17, 15) is 9.18 Å². The summed E-state index contributed by atoms with van der Waals surface area (Å²) in [6.45, 7) is 0. The minimum absolute atomic E-state index is 0.187.